The smallest absolute Gasteiger partial charge is 0.234 e. The van der Waals surface area contributed by atoms with Gasteiger partial charge in [-0.15, -0.1) is 0 Å². The van der Waals surface area contributed by atoms with Crippen molar-refractivity contribution in [3.05, 3.63) is 72.3 Å². The lowest BCUT2D eigenvalue weighted by Gasteiger charge is -2.23. The second kappa shape index (κ2) is 5.21. The molecule has 0 bridgehead atoms. The predicted molar refractivity (Wildman–Crippen MR) is 97.5 cm³/mol. The number of benzene rings is 3. The molecule has 0 radical (unpaired) electrons. The summed E-state index contributed by atoms with van der Waals surface area (Å²) >= 11 is 1.69. The van der Waals surface area contributed by atoms with Gasteiger partial charge in [-0.05, 0) is 28.5 Å². The summed E-state index contributed by atoms with van der Waals surface area (Å²) in [5, 5.41) is 3.33. The van der Waals surface area contributed by atoms with E-state index in [1.165, 1.54) is 16.3 Å². The Balaban J connectivity index is 1.66. The van der Waals surface area contributed by atoms with Crippen LogP contribution in [0.15, 0.2) is 71.9 Å². The molecule has 0 spiro atoms. The van der Waals surface area contributed by atoms with E-state index in [9.17, 15) is 4.79 Å². The Kier molecular flexibility index (Phi) is 3.00. The number of aromatic nitrogens is 2. The van der Waals surface area contributed by atoms with Crippen molar-refractivity contribution < 1.29 is 4.79 Å². The topological polar surface area (TPSA) is 34.9 Å². The van der Waals surface area contributed by atoms with Gasteiger partial charge in [0.25, 0.3) is 0 Å². The monoisotopic (exact) mass is 330 g/mol. The molecule has 3 aromatic carbocycles. The van der Waals surface area contributed by atoms with E-state index in [-0.39, 0.29) is 11.2 Å². The van der Waals surface area contributed by atoms with Crippen molar-refractivity contribution in [3.63, 3.8) is 0 Å². The molecule has 116 valence electrons. The van der Waals surface area contributed by atoms with E-state index in [1.54, 1.807) is 16.3 Å². The van der Waals surface area contributed by atoms with Gasteiger partial charge in [-0.1, -0.05) is 66.4 Å². The van der Waals surface area contributed by atoms with Crippen molar-refractivity contribution in [2.75, 3.05) is 0 Å². The van der Waals surface area contributed by atoms with E-state index >= 15 is 0 Å². The van der Waals surface area contributed by atoms with E-state index < -0.39 is 0 Å². The lowest BCUT2D eigenvalue weighted by Crippen LogP contribution is -2.19. The fourth-order valence-electron chi connectivity index (χ4n) is 3.45. The number of para-hydroxylation sites is 2. The Morgan fingerprint density at radius 1 is 0.958 bits per heavy atom. The molecule has 4 heteroatoms. The molecule has 5 rings (SSSR count). The summed E-state index contributed by atoms with van der Waals surface area (Å²) in [7, 11) is 0. The average Bonchev–Trinajstić information content (AvgIpc) is 3.00. The van der Waals surface area contributed by atoms with Crippen LogP contribution in [0, 0.1) is 0 Å². The Morgan fingerprint density at radius 3 is 2.71 bits per heavy atom. The lowest BCUT2D eigenvalue weighted by molar-refractivity contribution is 0.0891. The van der Waals surface area contributed by atoms with Crippen LogP contribution in [0.4, 0.5) is 0 Å². The maximum atomic E-state index is 12.8. The highest BCUT2D eigenvalue weighted by Crippen LogP contribution is 2.44. The van der Waals surface area contributed by atoms with Crippen molar-refractivity contribution in [1.29, 1.82) is 0 Å². The third kappa shape index (κ3) is 2.00. The third-order valence-electron chi connectivity index (χ3n) is 4.56. The predicted octanol–water partition coefficient (Wildman–Crippen LogP) is 5.07. The molecular formula is C20H14N2OS. The minimum absolute atomic E-state index is 0.105. The van der Waals surface area contributed by atoms with Gasteiger partial charge in [0, 0.05) is 11.7 Å². The first kappa shape index (κ1) is 13.8. The maximum absolute atomic E-state index is 12.8. The summed E-state index contributed by atoms with van der Waals surface area (Å²) in [6.45, 7) is 0. The molecule has 0 saturated carbocycles. The number of rotatable bonds is 1. The number of imidazole rings is 1. The standard InChI is InChI=1S/C20H14N2OS/c23-19-12-18(15-9-5-7-13-6-1-2-8-14(13)15)24-20-21-16-10-3-4-11-17(16)22(19)20/h1-11,18H,12H2/t18-/m1/s1. The highest BCUT2D eigenvalue weighted by atomic mass is 32.2. The number of thioether (sulfide) groups is 1. The number of fused-ring (bicyclic) bond motifs is 4. The van der Waals surface area contributed by atoms with Crippen LogP contribution < -0.4 is 0 Å². The van der Waals surface area contributed by atoms with Gasteiger partial charge in [0.15, 0.2) is 5.16 Å². The minimum atomic E-state index is 0.105. The molecule has 2 heterocycles. The molecule has 0 amide bonds. The molecule has 1 aliphatic rings. The molecule has 0 aliphatic carbocycles. The number of carbonyl (C=O) groups excluding carboxylic acids is 1. The molecule has 4 aromatic rings. The van der Waals surface area contributed by atoms with Crippen molar-refractivity contribution >= 4 is 39.5 Å². The van der Waals surface area contributed by atoms with Crippen LogP contribution in [0.25, 0.3) is 21.8 Å². The van der Waals surface area contributed by atoms with Gasteiger partial charge in [0.1, 0.15) is 0 Å². The molecule has 0 fully saturated rings. The molecule has 1 atom stereocenters. The molecule has 0 unspecified atom stereocenters. The van der Waals surface area contributed by atoms with Crippen molar-refractivity contribution in [1.82, 2.24) is 9.55 Å². The van der Waals surface area contributed by atoms with Crippen LogP contribution in [-0.2, 0) is 0 Å². The van der Waals surface area contributed by atoms with Crippen LogP contribution >= 0.6 is 11.8 Å². The highest BCUT2D eigenvalue weighted by molar-refractivity contribution is 7.99. The fourth-order valence-corrected chi connectivity index (χ4v) is 4.72. The van der Waals surface area contributed by atoms with Gasteiger partial charge >= 0.3 is 0 Å². The first-order chi connectivity index (χ1) is 11.8. The van der Waals surface area contributed by atoms with Crippen LogP contribution in [0.2, 0.25) is 0 Å². The van der Waals surface area contributed by atoms with Gasteiger partial charge < -0.3 is 0 Å². The number of carbonyl (C=O) groups is 1. The van der Waals surface area contributed by atoms with E-state index in [0.717, 1.165) is 16.2 Å². The van der Waals surface area contributed by atoms with Crippen molar-refractivity contribution in [2.45, 2.75) is 16.8 Å². The van der Waals surface area contributed by atoms with Gasteiger partial charge in [-0.2, -0.15) is 0 Å². The molecule has 1 aromatic heterocycles. The normalized spacial score (nSPS) is 17.3. The second-order valence-corrected chi connectivity index (χ2v) is 7.16. The Labute approximate surface area is 143 Å². The maximum Gasteiger partial charge on any atom is 0.234 e. The quantitative estimate of drug-likeness (QED) is 0.489. The summed E-state index contributed by atoms with van der Waals surface area (Å²) in [5.41, 5.74) is 3.00. The molecular weight excluding hydrogens is 316 g/mol. The van der Waals surface area contributed by atoms with Crippen LogP contribution in [0.5, 0.6) is 0 Å². The van der Waals surface area contributed by atoms with E-state index in [4.69, 9.17) is 0 Å². The summed E-state index contributed by atoms with van der Waals surface area (Å²) in [5.74, 6) is 0.121. The Bertz CT molecular complexity index is 1090. The number of hydrogen-bond donors (Lipinski definition) is 0. The largest absolute Gasteiger partial charge is 0.274 e. The first-order valence-electron chi connectivity index (χ1n) is 7.96. The molecule has 24 heavy (non-hydrogen) atoms. The molecule has 0 saturated heterocycles. The highest BCUT2D eigenvalue weighted by Gasteiger charge is 2.30. The zero-order valence-electron chi connectivity index (χ0n) is 12.8. The number of hydrogen-bond acceptors (Lipinski definition) is 3. The third-order valence-corrected chi connectivity index (χ3v) is 5.75. The lowest BCUT2D eigenvalue weighted by atomic mass is 10.0. The van der Waals surface area contributed by atoms with Gasteiger partial charge in [-0.3, -0.25) is 9.36 Å². The van der Waals surface area contributed by atoms with Crippen molar-refractivity contribution in [3.8, 4) is 0 Å². The Morgan fingerprint density at radius 2 is 1.75 bits per heavy atom. The summed E-state index contributed by atoms with van der Waals surface area (Å²) in [6.07, 6.45) is 0.492. The first-order valence-corrected chi connectivity index (χ1v) is 8.84. The Hall–Kier alpha value is -2.59. The van der Waals surface area contributed by atoms with Crippen LogP contribution in [0.3, 0.4) is 0 Å². The van der Waals surface area contributed by atoms with Gasteiger partial charge in [0.2, 0.25) is 5.91 Å². The summed E-state index contributed by atoms with van der Waals surface area (Å²) in [4.78, 5) is 17.5. The van der Waals surface area contributed by atoms with Crippen LogP contribution in [-0.4, -0.2) is 15.5 Å². The van der Waals surface area contributed by atoms with E-state index in [0.29, 0.717) is 6.42 Å². The zero-order valence-corrected chi connectivity index (χ0v) is 13.7. The average molecular weight is 330 g/mol. The summed E-state index contributed by atoms with van der Waals surface area (Å²) < 4.78 is 1.77. The second-order valence-electron chi connectivity index (χ2n) is 5.99. The van der Waals surface area contributed by atoms with E-state index in [2.05, 4.69) is 41.4 Å². The molecule has 1 aliphatic heterocycles. The van der Waals surface area contributed by atoms with Crippen LogP contribution in [0.1, 0.15) is 22.0 Å². The van der Waals surface area contributed by atoms with E-state index in [1.807, 2.05) is 30.3 Å². The fraction of sp³-hybridized carbons (Fsp3) is 0.100. The minimum Gasteiger partial charge on any atom is -0.274 e. The SMILES string of the molecule is O=C1C[C@H](c2cccc3ccccc23)Sc2nc3ccccc3n21. The zero-order chi connectivity index (χ0) is 16.1. The van der Waals surface area contributed by atoms with Gasteiger partial charge in [0.05, 0.1) is 11.0 Å². The summed E-state index contributed by atoms with van der Waals surface area (Å²) in [6, 6.07) is 22.5. The number of nitrogens with zero attached hydrogens (tertiary/aromatic N) is 2. The van der Waals surface area contributed by atoms with Gasteiger partial charge in [-0.25, -0.2) is 4.98 Å². The molecule has 3 nitrogen and oxygen atoms in total. The van der Waals surface area contributed by atoms with Crippen molar-refractivity contribution in [2.24, 2.45) is 0 Å². The molecule has 0 N–H and O–H groups in total.